The molecular weight excluding hydrogens is 242 g/mol. The van der Waals surface area contributed by atoms with E-state index in [9.17, 15) is 4.79 Å². The lowest BCUT2D eigenvalue weighted by Gasteiger charge is -2.13. The molecule has 0 aliphatic heterocycles. The second-order valence-electron chi connectivity index (χ2n) is 4.17. The van der Waals surface area contributed by atoms with Crippen molar-refractivity contribution in [3.63, 3.8) is 0 Å². The minimum atomic E-state index is -0.396. The van der Waals surface area contributed by atoms with Gasteiger partial charge in [-0.2, -0.15) is 0 Å². The van der Waals surface area contributed by atoms with Crippen molar-refractivity contribution in [2.45, 2.75) is 6.42 Å². The van der Waals surface area contributed by atoms with Gasteiger partial charge in [0.15, 0.2) is 6.61 Å². The molecule has 19 heavy (non-hydrogen) atoms. The molecular formula is C15H17NO3. The van der Waals surface area contributed by atoms with Gasteiger partial charge in [0.25, 0.3) is 0 Å². The third-order valence-corrected chi connectivity index (χ3v) is 2.97. The first-order chi connectivity index (χ1) is 9.26. The van der Waals surface area contributed by atoms with Crippen LogP contribution in [0.5, 0.6) is 5.75 Å². The first-order valence-electron chi connectivity index (χ1n) is 6.16. The molecule has 0 fully saturated rings. The maximum absolute atomic E-state index is 11.1. The van der Waals surface area contributed by atoms with Crippen LogP contribution in [-0.2, 0) is 16.0 Å². The van der Waals surface area contributed by atoms with Crippen molar-refractivity contribution >= 4 is 16.7 Å². The largest absolute Gasteiger partial charge is 0.482 e. The molecule has 0 aromatic heterocycles. The fourth-order valence-corrected chi connectivity index (χ4v) is 2.05. The Balaban J connectivity index is 2.36. The molecule has 2 aromatic carbocycles. The Bertz CT molecular complexity index is 581. The summed E-state index contributed by atoms with van der Waals surface area (Å²) in [5, 5.41) is 2.24. The molecule has 0 amide bonds. The number of carbonyl (C=O) groups excluding carboxylic acids is 1. The molecule has 2 N–H and O–H groups in total. The molecule has 2 aromatic rings. The average molecular weight is 259 g/mol. The summed E-state index contributed by atoms with van der Waals surface area (Å²) in [6, 6.07) is 11.9. The van der Waals surface area contributed by atoms with Crippen LogP contribution in [0.15, 0.2) is 36.4 Å². The number of esters is 1. The Morgan fingerprint density at radius 2 is 2.00 bits per heavy atom. The van der Waals surface area contributed by atoms with Crippen LogP contribution in [0.2, 0.25) is 0 Å². The van der Waals surface area contributed by atoms with E-state index >= 15 is 0 Å². The van der Waals surface area contributed by atoms with Crippen molar-refractivity contribution in [3.8, 4) is 5.75 Å². The summed E-state index contributed by atoms with van der Waals surface area (Å²) < 4.78 is 10.1. The molecule has 0 heterocycles. The number of rotatable bonds is 5. The minimum absolute atomic E-state index is 0.0909. The van der Waals surface area contributed by atoms with E-state index in [2.05, 4.69) is 4.74 Å². The molecule has 0 aliphatic rings. The molecule has 0 unspecified atom stereocenters. The van der Waals surface area contributed by atoms with Gasteiger partial charge in [-0.3, -0.25) is 0 Å². The van der Waals surface area contributed by atoms with Crippen molar-refractivity contribution in [1.29, 1.82) is 0 Å². The highest BCUT2D eigenvalue weighted by atomic mass is 16.6. The van der Waals surface area contributed by atoms with Crippen LogP contribution in [0.3, 0.4) is 0 Å². The maximum atomic E-state index is 11.1. The summed E-state index contributed by atoms with van der Waals surface area (Å²) in [6.07, 6.45) is 0.706. The zero-order chi connectivity index (χ0) is 13.7. The number of fused-ring (bicyclic) bond motifs is 1. The van der Waals surface area contributed by atoms with Crippen molar-refractivity contribution < 1.29 is 14.3 Å². The highest BCUT2D eigenvalue weighted by Crippen LogP contribution is 2.28. The summed E-state index contributed by atoms with van der Waals surface area (Å²) in [6.45, 7) is 0.439. The van der Waals surface area contributed by atoms with Crippen molar-refractivity contribution in [3.05, 3.63) is 42.0 Å². The second kappa shape index (κ2) is 6.20. The topological polar surface area (TPSA) is 61.5 Å². The summed E-state index contributed by atoms with van der Waals surface area (Å²) >= 11 is 0. The highest BCUT2D eigenvalue weighted by Gasteiger charge is 2.10. The van der Waals surface area contributed by atoms with Crippen LogP contribution < -0.4 is 10.5 Å². The fraction of sp³-hybridized carbons (Fsp3) is 0.267. The average Bonchev–Trinajstić information content (AvgIpc) is 2.46. The van der Waals surface area contributed by atoms with Gasteiger partial charge < -0.3 is 15.2 Å². The van der Waals surface area contributed by atoms with E-state index in [1.165, 1.54) is 7.11 Å². The Morgan fingerprint density at radius 1 is 1.21 bits per heavy atom. The fourth-order valence-electron chi connectivity index (χ4n) is 2.05. The second-order valence-corrected chi connectivity index (χ2v) is 4.17. The van der Waals surface area contributed by atoms with E-state index in [4.69, 9.17) is 10.5 Å². The zero-order valence-electron chi connectivity index (χ0n) is 10.9. The Kier molecular flexibility index (Phi) is 4.36. The monoisotopic (exact) mass is 259 g/mol. The van der Waals surface area contributed by atoms with Gasteiger partial charge in [-0.15, -0.1) is 0 Å². The molecule has 4 nitrogen and oxygen atoms in total. The lowest BCUT2D eigenvalue weighted by Crippen LogP contribution is -2.14. The van der Waals surface area contributed by atoms with Gasteiger partial charge in [-0.05, 0) is 29.8 Å². The van der Waals surface area contributed by atoms with Gasteiger partial charge in [0.1, 0.15) is 5.75 Å². The molecule has 0 saturated carbocycles. The number of hydrogen-bond donors (Lipinski definition) is 1. The van der Waals surface area contributed by atoms with Gasteiger partial charge in [-0.1, -0.05) is 30.3 Å². The lowest BCUT2D eigenvalue weighted by atomic mass is 10.0. The SMILES string of the molecule is COC(=O)COc1ccc2ccccc2c1CCN. The highest BCUT2D eigenvalue weighted by molar-refractivity contribution is 5.88. The first-order valence-corrected chi connectivity index (χ1v) is 6.16. The molecule has 2 rings (SSSR count). The van der Waals surface area contributed by atoms with Crippen LogP contribution in [0, 0.1) is 0 Å². The predicted octanol–water partition coefficient (Wildman–Crippen LogP) is 1.89. The third-order valence-electron chi connectivity index (χ3n) is 2.97. The number of ether oxygens (including phenoxy) is 2. The molecule has 100 valence electrons. The van der Waals surface area contributed by atoms with E-state index in [0.717, 1.165) is 16.3 Å². The maximum Gasteiger partial charge on any atom is 0.343 e. The Hall–Kier alpha value is -2.07. The van der Waals surface area contributed by atoms with Gasteiger partial charge in [0.2, 0.25) is 0 Å². The Morgan fingerprint density at radius 3 is 2.74 bits per heavy atom. The number of nitrogens with two attached hydrogens (primary N) is 1. The predicted molar refractivity (Wildman–Crippen MR) is 74.2 cm³/mol. The van der Waals surface area contributed by atoms with Gasteiger partial charge in [-0.25, -0.2) is 4.79 Å². The van der Waals surface area contributed by atoms with Crippen molar-refractivity contribution in [1.82, 2.24) is 0 Å². The number of hydrogen-bond acceptors (Lipinski definition) is 4. The van der Waals surface area contributed by atoms with Crippen LogP contribution in [0.25, 0.3) is 10.8 Å². The smallest absolute Gasteiger partial charge is 0.343 e. The van der Waals surface area contributed by atoms with Crippen LogP contribution in [0.4, 0.5) is 0 Å². The quantitative estimate of drug-likeness (QED) is 0.833. The van der Waals surface area contributed by atoms with Gasteiger partial charge >= 0.3 is 5.97 Å². The molecule has 0 bridgehead atoms. The number of methoxy groups -OCH3 is 1. The normalized spacial score (nSPS) is 10.4. The summed E-state index contributed by atoms with van der Waals surface area (Å²) in [7, 11) is 1.34. The lowest BCUT2D eigenvalue weighted by molar-refractivity contribution is -0.142. The number of carbonyl (C=O) groups is 1. The first kappa shape index (κ1) is 13.4. The van der Waals surface area contributed by atoms with Gasteiger partial charge in [0.05, 0.1) is 7.11 Å². The Labute approximate surface area is 112 Å². The van der Waals surface area contributed by atoms with E-state index in [-0.39, 0.29) is 6.61 Å². The standard InChI is InChI=1S/C15H17NO3/c1-18-15(17)10-19-14-7-6-11-4-2-3-5-12(11)13(14)8-9-16/h2-7H,8-10,16H2,1H3. The number of benzene rings is 2. The molecule has 0 atom stereocenters. The molecule has 4 heteroatoms. The molecule has 0 radical (unpaired) electrons. The summed E-state index contributed by atoms with van der Waals surface area (Å²) in [5.41, 5.74) is 6.69. The van der Waals surface area contributed by atoms with Gasteiger partial charge in [0, 0.05) is 5.56 Å². The van der Waals surface area contributed by atoms with Crippen LogP contribution >= 0.6 is 0 Å². The molecule has 0 saturated heterocycles. The third kappa shape index (κ3) is 3.03. The summed E-state index contributed by atoms with van der Waals surface area (Å²) in [4.78, 5) is 11.1. The minimum Gasteiger partial charge on any atom is -0.482 e. The van der Waals surface area contributed by atoms with E-state index < -0.39 is 5.97 Å². The van der Waals surface area contributed by atoms with E-state index in [1.54, 1.807) is 0 Å². The summed E-state index contributed by atoms with van der Waals surface area (Å²) in [5.74, 6) is 0.293. The molecule has 0 spiro atoms. The van der Waals surface area contributed by atoms with Crippen molar-refractivity contribution in [2.24, 2.45) is 5.73 Å². The van der Waals surface area contributed by atoms with Crippen LogP contribution in [-0.4, -0.2) is 26.2 Å². The van der Waals surface area contributed by atoms with Crippen molar-refractivity contribution in [2.75, 3.05) is 20.3 Å². The van der Waals surface area contributed by atoms with E-state index in [1.807, 2.05) is 36.4 Å². The van der Waals surface area contributed by atoms with E-state index in [0.29, 0.717) is 18.7 Å². The molecule has 0 aliphatic carbocycles. The zero-order valence-corrected chi connectivity index (χ0v) is 10.9. The van der Waals surface area contributed by atoms with Crippen LogP contribution in [0.1, 0.15) is 5.56 Å².